The Balaban J connectivity index is 1.65. The number of nitrogens with zero attached hydrogens (tertiary/aromatic N) is 3. The Morgan fingerprint density at radius 2 is 1.66 bits per heavy atom. The second-order valence-corrected chi connectivity index (χ2v) is 11.4. The number of hydrogen-bond donors (Lipinski definition) is 1. The van der Waals surface area contributed by atoms with E-state index in [0.29, 0.717) is 16.5 Å². The van der Waals surface area contributed by atoms with Gasteiger partial charge in [0.25, 0.3) is 0 Å². The average molecular weight is 553 g/mol. The standard InChI is InChI=1S/C28H29ClN4O4S/c1-19(2)33(38(35,36)25-15-5-20(3)6-16-25)18-27(34)31-28-30-26(21-7-9-22(29)10-8-21)17-32(28)23-11-13-24(37-4)14-12-23/h5-17,19H,18H2,1-4H3,(H,30,31,34). The van der Waals surface area contributed by atoms with Gasteiger partial charge in [-0.15, -0.1) is 0 Å². The smallest absolute Gasteiger partial charge is 0.243 e. The van der Waals surface area contributed by atoms with E-state index in [2.05, 4.69) is 10.3 Å². The van der Waals surface area contributed by atoms with E-state index in [9.17, 15) is 13.2 Å². The number of benzene rings is 3. The minimum absolute atomic E-state index is 0.134. The maximum atomic E-state index is 13.3. The molecule has 0 aliphatic heterocycles. The summed E-state index contributed by atoms with van der Waals surface area (Å²) in [5.74, 6) is 0.422. The Kier molecular flexibility index (Phi) is 8.20. The average Bonchev–Trinajstić information content (AvgIpc) is 3.31. The molecule has 38 heavy (non-hydrogen) atoms. The topological polar surface area (TPSA) is 93.5 Å². The summed E-state index contributed by atoms with van der Waals surface area (Å²) >= 11 is 6.04. The Morgan fingerprint density at radius 3 is 2.24 bits per heavy atom. The van der Waals surface area contributed by atoms with Crippen molar-refractivity contribution in [3.05, 3.63) is 89.6 Å². The zero-order valence-corrected chi connectivity index (χ0v) is 23.1. The van der Waals surface area contributed by atoms with Crippen LogP contribution in [0.5, 0.6) is 5.75 Å². The van der Waals surface area contributed by atoms with Gasteiger partial charge in [0.2, 0.25) is 21.9 Å². The fourth-order valence-corrected chi connectivity index (χ4v) is 5.58. The van der Waals surface area contributed by atoms with Gasteiger partial charge in [0.1, 0.15) is 5.75 Å². The fourth-order valence-electron chi connectivity index (χ4n) is 3.86. The van der Waals surface area contributed by atoms with Crippen LogP contribution in [0.3, 0.4) is 0 Å². The summed E-state index contributed by atoms with van der Waals surface area (Å²) in [6, 6.07) is 20.6. The minimum Gasteiger partial charge on any atom is -0.497 e. The lowest BCUT2D eigenvalue weighted by atomic mass is 10.2. The van der Waals surface area contributed by atoms with Crippen LogP contribution in [0.1, 0.15) is 19.4 Å². The molecule has 10 heteroatoms. The highest BCUT2D eigenvalue weighted by atomic mass is 35.5. The lowest BCUT2D eigenvalue weighted by molar-refractivity contribution is -0.116. The van der Waals surface area contributed by atoms with E-state index in [1.54, 1.807) is 80.3 Å². The molecule has 0 saturated heterocycles. The number of nitrogens with one attached hydrogen (secondary N) is 1. The van der Waals surface area contributed by atoms with Crippen molar-refractivity contribution in [1.82, 2.24) is 13.9 Å². The van der Waals surface area contributed by atoms with E-state index < -0.39 is 22.0 Å². The second kappa shape index (κ2) is 11.4. The third-order valence-electron chi connectivity index (χ3n) is 5.95. The van der Waals surface area contributed by atoms with E-state index >= 15 is 0 Å². The van der Waals surface area contributed by atoms with Crippen LogP contribution in [0.25, 0.3) is 16.9 Å². The molecule has 0 spiro atoms. The molecule has 4 aromatic rings. The van der Waals surface area contributed by atoms with Gasteiger partial charge >= 0.3 is 0 Å². The van der Waals surface area contributed by atoms with Crippen LogP contribution in [0, 0.1) is 6.92 Å². The highest BCUT2D eigenvalue weighted by molar-refractivity contribution is 7.89. The number of halogens is 1. The van der Waals surface area contributed by atoms with Crippen LogP contribution in [-0.4, -0.2) is 47.9 Å². The van der Waals surface area contributed by atoms with Crippen molar-refractivity contribution in [2.75, 3.05) is 19.0 Å². The molecule has 0 unspecified atom stereocenters. The van der Waals surface area contributed by atoms with Gasteiger partial charge < -0.3 is 4.74 Å². The number of aromatic nitrogens is 2. The summed E-state index contributed by atoms with van der Waals surface area (Å²) < 4.78 is 34.8. The van der Waals surface area contributed by atoms with Crippen LogP contribution in [0.2, 0.25) is 5.02 Å². The molecule has 0 bridgehead atoms. The van der Waals surface area contributed by atoms with Crippen molar-refractivity contribution in [3.63, 3.8) is 0 Å². The zero-order valence-electron chi connectivity index (χ0n) is 21.6. The first-order chi connectivity index (χ1) is 18.1. The molecule has 0 radical (unpaired) electrons. The predicted molar refractivity (Wildman–Crippen MR) is 149 cm³/mol. The molecule has 1 heterocycles. The molecule has 0 fully saturated rings. The second-order valence-electron chi connectivity index (χ2n) is 9.03. The van der Waals surface area contributed by atoms with E-state index in [4.69, 9.17) is 16.3 Å². The first kappa shape index (κ1) is 27.4. The first-order valence-electron chi connectivity index (χ1n) is 12.0. The number of amides is 1. The SMILES string of the molecule is COc1ccc(-n2cc(-c3ccc(Cl)cc3)nc2NC(=O)CN(C(C)C)S(=O)(=O)c2ccc(C)cc2)cc1. The van der Waals surface area contributed by atoms with Gasteiger partial charge in [-0.25, -0.2) is 13.4 Å². The molecule has 4 rings (SSSR count). The number of imidazole rings is 1. The van der Waals surface area contributed by atoms with Crippen LogP contribution < -0.4 is 10.1 Å². The Labute approximate surface area is 227 Å². The number of ether oxygens (including phenoxy) is 1. The summed E-state index contributed by atoms with van der Waals surface area (Å²) in [6.07, 6.45) is 1.80. The Morgan fingerprint density at radius 1 is 1.03 bits per heavy atom. The number of carbonyl (C=O) groups is 1. The quantitative estimate of drug-likeness (QED) is 0.294. The van der Waals surface area contributed by atoms with E-state index in [-0.39, 0.29) is 17.4 Å². The number of hydrogen-bond acceptors (Lipinski definition) is 5. The summed E-state index contributed by atoms with van der Waals surface area (Å²) in [5.41, 5.74) is 3.10. The van der Waals surface area contributed by atoms with Crippen molar-refractivity contribution >= 4 is 33.5 Å². The molecular formula is C28H29ClN4O4S. The number of carbonyl (C=O) groups excluding carboxylic acids is 1. The van der Waals surface area contributed by atoms with E-state index in [0.717, 1.165) is 16.8 Å². The predicted octanol–water partition coefficient (Wildman–Crippen LogP) is 5.55. The van der Waals surface area contributed by atoms with Gasteiger partial charge in [0, 0.05) is 28.5 Å². The number of methoxy groups -OCH3 is 1. The zero-order chi connectivity index (χ0) is 27.4. The third kappa shape index (κ3) is 6.07. The lowest BCUT2D eigenvalue weighted by Gasteiger charge is -2.25. The minimum atomic E-state index is -3.90. The van der Waals surface area contributed by atoms with E-state index in [1.165, 1.54) is 4.31 Å². The molecule has 1 amide bonds. The molecule has 0 atom stereocenters. The largest absolute Gasteiger partial charge is 0.497 e. The maximum absolute atomic E-state index is 13.3. The van der Waals surface area contributed by atoms with Gasteiger partial charge in [-0.1, -0.05) is 41.4 Å². The van der Waals surface area contributed by atoms with Crippen LogP contribution >= 0.6 is 11.6 Å². The van der Waals surface area contributed by atoms with Gasteiger partial charge in [-0.2, -0.15) is 4.31 Å². The van der Waals surface area contributed by atoms with Gasteiger partial charge in [-0.3, -0.25) is 14.7 Å². The number of sulfonamides is 1. The van der Waals surface area contributed by atoms with Crippen LogP contribution in [0.4, 0.5) is 5.95 Å². The van der Waals surface area contributed by atoms with Gasteiger partial charge in [0.05, 0.1) is 24.2 Å². The Hall–Kier alpha value is -3.66. The highest BCUT2D eigenvalue weighted by Crippen LogP contribution is 2.27. The summed E-state index contributed by atoms with van der Waals surface area (Å²) in [6.45, 7) is 4.97. The van der Waals surface area contributed by atoms with Gasteiger partial charge in [0.15, 0.2) is 0 Å². The third-order valence-corrected chi connectivity index (χ3v) is 8.24. The highest BCUT2D eigenvalue weighted by Gasteiger charge is 2.29. The molecule has 8 nitrogen and oxygen atoms in total. The summed E-state index contributed by atoms with van der Waals surface area (Å²) in [5, 5.41) is 3.40. The van der Waals surface area contributed by atoms with Crippen molar-refractivity contribution in [2.24, 2.45) is 0 Å². The summed E-state index contributed by atoms with van der Waals surface area (Å²) in [4.78, 5) is 18.0. The van der Waals surface area contributed by atoms with Crippen molar-refractivity contribution in [1.29, 1.82) is 0 Å². The number of anilines is 1. The normalized spacial score (nSPS) is 11.7. The lowest BCUT2D eigenvalue weighted by Crippen LogP contribution is -2.42. The maximum Gasteiger partial charge on any atom is 0.243 e. The van der Waals surface area contributed by atoms with Crippen LogP contribution in [-0.2, 0) is 14.8 Å². The summed E-state index contributed by atoms with van der Waals surface area (Å²) in [7, 11) is -2.31. The van der Waals surface area contributed by atoms with Crippen LogP contribution in [0.15, 0.2) is 83.9 Å². The molecule has 1 aromatic heterocycles. The monoisotopic (exact) mass is 552 g/mol. The fraction of sp³-hybridized carbons (Fsp3) is 0.214. The van der Waals surface area contributed by atoms with Crippen molar-refractivity contribution in [3.8, 4) is 22.7 Å². The molecule has 0 saturated carbocycles. The molecule has 0 aliphatic carbocycles. The Bertz CT molecular complexity index is 1510. The van der Waals surface area contributed by atoms with Crippen molar-refractivity contribution in [2.45, 2.75) is 31.7 Å². The molecular weight excluding hydrogens is 524 g/mol. The van der Waals surface area contributed by atoms with E-state index in [1.807, 2.05) is 31.2 Å². The number of rotatable bonds is 9. The molecule has 1 N–H and O–H groups in total. The molecule has 198 valence electrons. The van der Waals surface area contributed by atoms with Gasteiger partial charge in [-0.05, 0) is 69.3 Å². The molecule has 0 aliphatic rings. The van der Waals surface area contributed by atoms with Crippen molar-refractivity contribution < 1.29 is 17.9 Å². The first-order valence-corrected chi connectivity index (χ1v) is 13.8. The molecule has 3 aromatic carbocycles. The number of aryl methyl sites for hydroxylation is 1.